The number of anilines is 1. The molecule has 0 unspecified atom stereocenters. The van der Waals surface area contributed by atoms with Crippen LogP contribution in [0.3, 0.4) is 0 Å². The fourth-order valence-electron chi connectivity index (χ4n) is 1.57. The zero-order valence-electron chi connectivity index (χ0n) is 9.26. The third-order valence-electron chi connectivity index (χ3n) is 2.45. The molecule has 0 spiro atoms. The summed E-state index contributed by atoms with van der Waals surface area (Å²) in [6.45, 7) is 4.78. The maximum Gasteiger partial charge on any atom is 0.141 e. The highest BCUT2D eigenvalue weighted by atomic mass is 35.5. The van der Waals surface area contributed by atoms with E-state index in [-0.39, 0.29) is 0 Å². The second-order valence-corrected chi connectivity index (χ2v) is 4.33. The fraction of sp³-hybridized carbons (Fsp3) is 0.400. The first kappa shape index (κ1) is 11.0. The number of halogens is 1. The van der Waals surface area contributed by atoms with Crippen LogP contribution in [0.1, 0.15) is 25.6 Å². The van der Waals surface area contributed by atoms with E-state index in [0.717, 1.165) is 5.69 Å². The Balaban J connectivity index is 2.27. The SMILES string of the molecule is CC(C)n1cncc1Cn1ncc(Cl)c1N. The van der Waals surface area contributed by atoms with Crippen molar-refractivity contribution in [3.63, 3.8) is 0 Å². The fourth-order valence-corrected chi connectivity index (χ4v) is 1.71. The van der Waals surface area contributed by atoms with Crippen molar-refractivity contribution in [2.75, 3.05) is 5.73 Å². The minimum atomic E-state index is 0.366. The van der Waals surface area contributed by atoms with E-state index in [1.54, 1.807) is 17.2 Å². The lowest BCUT2D eigenvalue weighted by molar-refractivity contribution is 0.550. The molecule has 2 aromatic rings. The van der Waals surface area contributed by atoms with Crippen LogP contribution in [0, 0.1) is 0 Å². The van der Waals surface area contributed by atoms with Crippen molar-refractivity contribution in [2.45, 2.75) is 26.4 Å². The van der Waals surface area contributed by atoms with Crippen LogP contribution in [0.5, 0.6) is 0 Å². The summed E-state index contributed by atoms with van der Waals surface area (Å²) >= 11 is 5.84. The van der Waals surface area contributed by atoms with E-state index >= 15 is 0 Å². The Hall–Kier alpha value is -1.49. The molecular weight excluding hydrogens is 226 g/mol. The predicted octanol–water partition coefficient (Wildman–Crippen LogP) is 1.94. The van der Waals surface area contributed by atoms with Gasteiger partial charge < -0.3 is 10.3 Å². The van der Waals surface area contributed by atoms with E-state index < -0.39 is 0 Å². The second-order valence-electron chi connectivity index (χ2n) is 3.92. The molecule has 0 atom stereocenters. The monoisotopic (exact) mass is 239 g/mol. The van der Waals surface area contributed by atoms with Gasteiger partial charge in [0.2, 0.25) is 0 Å². The molecule has 16 heavy (non-hydrogen) atoms. The third kappa shape index (κ3) is 1.90. The number of hydrogen-bond donors (Lipinski definition) is 1. The molecule has 2 N–H and O–H groups in total. The molecule has 2 rings (SSSR count). The third-order valence-corrected chi connectivity index (χ3v) is 2.74. The van der Waals surface area contributed by atoms with E-state index in [1.807, 2.05) is 6.20 Å². The van der Waals surface area contributed by atoms with Crippen LogP contribution in [0.2, 0.25) is 5.02 Å². The first-order chi connectivity index (χ1) is 7.59. The Morgan fingerprint density at radius 2 is 2.19 bits per heavy atom. The summed E-state index contributed by atoms with van der Waals surface area (Å²) in [4.78, 5) is 4.12. The van der Waals surface area contributed by atoms with Crippen LogP contribution < -0.4 is 5.73 Å². The van der Waals surface area contributed by atoms with Crippen molar-refractivity contribution in [1.29, 1.82) is 0 Å². The highest BCUT2D eigenvalue weighted by molar-refractivity contribution is 6.32. The van der Waals surface area contributed by atoms with Gasteiger partial charge in [0.15, 0.2) is 0 Å². The second kappa shape index (κ2) is 4.17. The van der Waals surface area contributed by atoms with Crippen LogP contribution in [0.25, 0.3) is 0 Å². The number of nitrogen functional groups attached to an aromatic ring is 1. The van der Waals surface area contributed by atoms with Crippen molar-refractivity contribution < 1.29 is 0 Å². The Kier molecular flexibility index (Phi) is 2.87. The molecular formula is C10H14ClN5. The van der Waals surface area contributed by atoms with Gasteiger partial charge in [0.25, 0.3) is 0 Å². The maximum absolute atomic E-state index is 5.84. The van der Waals surface area contributed by atoms with E-state index in [1.165, 1.54) is 0 Å². The smallest absolute Gasteiger partial charge is 0.141 e. The number of aromatic nitrogens is 4. The summed E-state index contributed by atoms with van der Waals surface area (Å²) in [5.74, 6) is 0.484. The first-order valence-corrected chi connectivity index (χ1v) is 5.45. The summed E-state index contributed by atoms with van der Waals surface area (Å²) < 4.78 is 3.74. The Morgan fingerprint density at radius 1 is 1.44 bits per heavy atom. The molecule has 5 nitrogen and oxygen atoms in total. The number of hydrogen-bond acceptors (Lipinski definition) is 3. The highest BCUT2D eigenvalue weighted by Gasteiger charge is 2.09. The number of nitrogens with zero attached hydrogens (tertiary/aromatic N) is 4. The molecule has 6 heteroatoms. The molecule has 86 valence electrons. The van der Waals surface area contributed by atoms with Gasteiger partial charge in [-0.25, -0.2) is 9.67 Å². The van der Waals surface area contributed by atoms with Gasteiger partial charge in [-0.2, -0.15) is 5.10 Å². The molecule has 0 aromatic carbocycles. The predicted molar refractivity (Wildman–Crippen MR) is 63.4 cm³/mol. The molecule has 0 fully saturated rings. The summed E-state index contributed by atoms with van der Waals surface area (Å²) in [6, 6.07) is 0.366. The average Bonchev–Trinajstić information content (AvgIpc) is 2.80. The number of nitrogens with two attached hydrogens (primary N) is 1. The van der Waals surface area contributed by atoms with Crippen molar-refractivity contribution in [2.24, 2.45) is 0 Å². The molecule has 0 aliphatic carbocycles. The molecule has 0 aliphatic rings. The van der Waals surface area contributed by atoms with Gasteiger partial charge in [0, 0.05) is 6.04 Å². The van der Waals surface area contributed by atoms with E-state index in [9.17, 15) is 0 Å². The zero-order chi connectivity index (χ0) is 11.7. The number of imidazole rings is 1. The van der Waals surface area contributed by atoms with Crippen LogP contribution in [-0.4, -0.2) is 19.3 Å². The van der Waals surface area contributed by atoms with Crippen molar-refractivity contribution in [3.8, 4) is 0 Å². The molecule has 0 saturated heterocycles. The van der Waals surface area contributed by atoms with Gasteiger partial charge >= 0.3 is 0 Å². The van der Waals surface area contributed by atoms with E-state index in [2.05, 4.69) is 28.5 Å². The Morgan fingerprint density at radius 3 is 2.75 bits per heavy atom. The van der Waals surface area contributed by atoms with Gasteiger partial charge in [0.1, 0.15) is 10.8 Å². The summed E-state index contributed by atoms with van der Waals surface area (Å²) in [6.07, 6.45) is 5.17. The number of rotatable bonds is 3. The van der Waals surface area contributed by atoms with Gasteiger partial charge in [-0.1, -0.05) is 11.6 Å². The minimum Gasteiger partial charge on any atom is -0.383 e. The molecule has 0 saturated carbocycles. The van der Waals surface area contributed by atoms with Crippen LogP contribution in [0.4, 0.5) is 5.82 Å². The van der Waals surface area contributed by atoms with Crippen LogP contribution in [0.15, 0.2) is 18.7 Å². The molecule has 0 radical (unpaired) electrons. The summed E-state index contributed by atoms with van der Waals surface area (Å²) in [5, 5.41) is 4.59. The Labute approximate surface area is 98.8 Å². The lowest BCUT2D eigenvalue weighted by atomic mass is 10.3. The van der Waals surface area contributed by atoms with Gasteiger partial charge in [0.05, 0.1) is 31.0 Å². The molecule has 0 amide bonds. The van der Waals surface area contributed by atoms with Gasteiger partial charge in [-0.3, -0.25) is 0 Å². The van der Waals surface area contributed by atoms with Gasteiger partial charge in [-0.05, 0) is 13.8 Å². The summed E-state index contributed by atoms with van der Waals surface area (Å²) in [7, 11) is 0. The average molecular weight is 240 g/mol. The van der Waals surface area contributed by atoms with E-state index in [0.29, 0.717) is 23.4 Å². The molecule has 0 aliphatic heterocycles. The lowest BCUT2D eigenvalue weighted by Crippen LogP contribution is -2.11. The normalized spacial score (nSPS) is 11.2. The molecule has 0 bridgehead atoms. The molecule has 2 aromatic heterocycles. The van der Waals surface area contributed by atoms with Gasteiger partial charge in [-0.15, -0.1) is 0 Å². The first-order valence-electron chi connectivity index (χ1n) is 5.07. The zero-order valence-corrected chi connectivity index (χ0v) is 10.0. The topological polar surface area (TPSA) is 61.7 Å². The largest absolute Gasteiger partial charge is 0.383 e. The van der Waals surface area contributed by atoms with Crippen molar-refractivity contribution in [3.05, 3.63) is 29.4 Å². The van der Waals surface area contributed by atoms with E-state index in [4.69, 9.17) is 17.3 Å². The Bertz CT molecular complexity index is 485. The standard InChI is InChI=1S/C10H14ClN5/c1-7(2)15-6-13-3-8(15)5-16-10(12)9(11)4-14-16/h3-4,6-7H,5,12H2,1-2H3. The van der Waals surface area contributed by atoms with Crippen molar-refractivity contribution in [1.82, 2.24) is 19.3 Å². The van der Waals surface area contributed by atoms with Crippen LogP contribution in [-0.2, 0) is 6.54 Å². The highest BCUT2D eigenvalue weighted by Crippen LogP contribution is 2.18. The molecule has 2 heterocycles. The lowest BCUT2D eigenvalue weighted by Gasteiger charge is -2.12. The van der Waals surface area contributed by atoms with Crippen LogP contribution >= 0.6 is 11.6 Å². The van der Waals surface area contributed by atoms with Crippen molar-refractivity contribution >= 4 is 17.4 Å². The maximum atomic E-state index is 5.84. The minimum absolute atomic E-state index is 0.366. The quantitative estimate of drug-likeness (QED) is 0.891. The summed E-state index contributed by atoms with van der Waals surface area (Å²) in [5.41, 5.74) is 6.84.